The zero-order valence-electron chi connectivity index (χ0n) is 11.6. The molecule has 1 aliphatic heterocycles. The van der Waals surface area contributed by atoms with Crippen molar-refractivity contribution in [1.29, 1.82) is 0 Å². The van der Waals surface area contributed by atoms with E-state index >= 15 is 0 Å². The Bertz CT molecular complexity index is 286. The zero-order valence-corrected chi connectivity index (χ0v) is 13.2. The van der Waals surface area contributed by atoms with E-state index in [4.69, 9.17) is 0 Å². The Morgan fingerprint density at radius 2 is 2.06 bits per heavy atom. The number of amides is 1. The van der Waals surface area contributed by atoms with E-state index in [1.54, 1.807) is 0 Å². The number of nitrogens with zero attached hydrogens (tertiary/aromatic N) is 1. The molecule has 0 aromatic rings. The summed E-state index contributed by atoms with van der Waals surface area (Å²) in [6, 6.07) is 0.527. The highest BCUT2D eigenvalue weighted by atomic mass is 79.9. The molecule has 0 radical (unpaired) electrons. The second kappa shape index (κ2) is 6.40. The van der Waals surface area contributed by atoms with Gasteiger partial charge in [-0.25, -0.2) is 0 Å². The molecule has 1 saturated carbocycles. The van der Waals surface area contributed by atoms with Crippen LogP contribution in [0.15, 0.2) is 0 Å². The van der Waals surface area contributed by atoms with Gasteiger partial charge in [0.1, 0.15) is 0 Å². The summed E-state index contributed by atoms with van der Waals surface area (Å²) in [6.45, 7) is 3.21. The molecule has 0 spiro atoms. The maximum absolute atomic E-state index is 12.9. The first-order valence-corrected chi connectivity index (χ1v) is 8.73. The minimum atomic E-state index is 0.0109. The molecule has 2 nitrogen and oxygen atoms in total. The highest BCUT2D eigenvalue weighted by molar-refractivity contribution is 9.09. The first kappa shape index (κ1) is 14.4. The van der Waals surface area contributed by atoms with Crippen LogP contribution < -0.4 is 0 Å². The van der Waals surface area contributed by atoms with Crippen molar-refractivity contribution in [3.05, 3.63) is 0 Å². The molecule has 18 heavy (non-hydrogen) atoms. The summed E-state index contributed by atoms with van der Waals surface area (Å²) >= 11 is 3.50. The van der Waals surface area contributed by atoms with Gasteiger partial charge >= 0.3 is 0 Å². The van der Waals surface area contributed by atoms with Gasteiger partial charge in [-0.15, -0.1) is 0 Å². The molecular formula is C15H26BrNO. The molecule has 2 fully saturated rings. The molecule has 1 saturated heterocycles. The fourth-order valence-corrected chi connectivity index (χ4v) is 4.11. The summed E-state index contributed by atoms with van der Waals surface area (Å²) in [5.41, 5.74) is 0.0109. The minimum Gasteiger partial charge on any atom is -0.339 e. The van der Waals surface area contributed by atoms with Gasteiger partial charge in [0.2, 0.25) is 5.91 Å². The lowest BCUT2D eigenvalue weighted by atomic mass is 9.81. The van der Waals surface area contributed by atoms with Gasteiger partial charge in [0.05, 0.1) is 0 Å². The van der Waals surface area contributed by atoms with Crippen molar-refractivity contribution in [2.24, 2.45) is 5.41 Å². The molecule has 0 aromatic heterocycles. The summed E-state index contributed by atoms with van der Waals surface area (Å²) in [5, 5.41) is 1.06. The van der Waals surface area contributed by atoms with E-state index < -0.39 is 0 Å². The molecule has 1 amide bonds. The highest BCUT2D eigenvalue weighted by Gasteiger charge is 2.44. The zero-order chi connectivity index (χ0) is 13.0. The molecule has 0 aromatic carbocycles. The van der Waals surface area contributed by atoms with Crippen LogP contribution in [0.25, 0.3) is 0 Å². The van der Waals surface area contributed by atoms with Crippen LogP contribution in [-0.4, -0.2) is 28.7 Å². The van der Waals surface area contributed by atoms with E-state index in [1.165, 1.54) is 38.5 Å². The third-order valence-electron chi connectivity index (χ3n) is 5.00. The third kappa shape index (κ3) is 2.76. The summed E-state index contributed by atoms with van der Waals surface area (Å²) in [6.07, 6.45) is 10.6. The lowest BCUT2D eigenvalue weighted by molar-refractivity contribution is -0.143. The molecule has 0 N–H and O–H groups in total. The molecule has 0 bridgehead atoms. The average molecular weight is 316 g/mol. The van der Waals surface area contributed by atoms with Crippen molar-refractivity contribution in [1.82, 2.24) is 4.90 Å². The third-order valence-corrected chi connectivity index (χ3v) is 5.56. The molecule has 1 heterocycles. The van der Waals surface area contributed by atoms with E-state index in [2.05, 4.69) is 27.8 Å². The Morgan fingerprint density at radius 3 is 2.67 bits per heavy atom. The Balaban J connectivity index is 2.02. The number of hydrogen-bond donors (Lipinski definition) is 0. The van der Waals surface area contributed by atoms with Gasteiger partial charge in [0, 0.05) is 23.3 Å². The van der Waals surface area contributed by atoms with Crippen molar-refractivity contribution in [2.75, 3.05) is 11.9 Å². The molecule has 1 aliphatic carbocycles. The average Bonchev–Trinajstić information content (AvgIpc) is 3.05. The van der Waals surface area contributed by atoms with E-state index in [0.717, 1.165) is 31.1 Å². The van der Waals surface area contributed by atoms with Crippen LogP contribution in [0.2, 0.25) is 0 Å². The van der Waals surface area contributed by atoms with Crippen LogP contribution in [0, 0.1) is 5.41 Å². The Kier molecular flexibility index (Phi) is 5.11. The quantitative estimate of drug-likeness (QED) is 0.699. The number of carbonyl (C=O) groups is 1. The van der Waals surface area contributed by atoms with Gasteiger partial charge in [0.25, 0.3) is 0 Å². The smallest absolute Gasteiger partial charge is 0.229 e. The fourth-order valence-electron chi connectivity index (χ4n) is 3.79. The highest BCUT2D eigenvalue weighted by Crippen LogP contribution is 2.43. The standard InChI is InChI=1S/C15H26BrNO/c1-2-15(9-3-4-10-15)14(18)17-12-6-8-13(17)7-5-11-16/h13H,2-12H2,1H3. The molecule has 1 atom stereocenters. The van der Waals surface area contributed by atoms with Gasteiger partial charge in [-0.05, 0) is 44.9 Å². The van der Waals surface area contributed by atoms with E-state index in [9.17, 15) is 4.79 Å². The van der Waals surface area contributed by atoms with Crippen LogP contribution in [0.5, 0.6) is 0 Å². The maximum Gasteiger partial charge on any atom is 0.229 e. The van der Waals surface area contributed by atoms with Crippen molar-refractivity contribution in [3.63, 3.8) is 0 Å². The van der Waals surface area contributed by atoms with E-state index in [0.29, 0.717) is 11.9 Å². The van der Waals surface area contributed by atoms with Crippen LogP contribution >= 0.6 is 15.9 Å². The van der Waals surface area contributed by atoms with Gasteiger partial charge in [-0.1, -0.05) is 35.7 Å². The van der Waals surface area contributed by atoms with Crippen LogP contribution in [0.1, 0.15) is 64.7 Å². The largest absolute Gasteiger partial charge is 0.339 e. The van der Waals surface area contributed by atoms with Crippen molar-refractivity contribution in [2.45, 2.75) is 70.8 Å². The van der Waals surface area contributed by atoms with Crippen molar-refractivity contribution >= 4 is 21.8 Å². The van der Waals surface area contributed by atoms with Gasteiger partial charge in [-0.3, -0.25) is 4.79 Å². The van der Waals surface area contributed by atoms with Gasteiger partial charge < -0.3 is 4.90 Å². The van der Waals surface area contributed by atoms with Crippen LogP contribution in [0.4, 0.5) is 0 Å². The maximum atomic E-state index is 12.9. The Hall–Kier alpha value is -0.0500. The summed E-state index contributed by atoms with van der Waals surface area (Å²) < 4.78 is 0. The number of alkyl halides is 1. The minimum absolute atomic E-state index is 0.0109. The summed E-state index contributed by atoms with van der Waals surface area (Å²) in [7, 11) is 0. The van der Waals surface area contributed by atoms with Gasteiger partial charge in [-0.2, -0.15) is 0 Å². The fraction of sp³-hybridized carbons (Fsp3) is 0.933. The Labute approximate surface area is 120 Å². The predicted molar refractivity (Wildman–Crippen MR) is 79.0 cm³/mol. The van der Waals surface area contributed by atoms with Crippen LogP contribution in [-0.2, 0) is 4.79 Å². The molecule has 3 heteroatoms. The molecular weight excluding hydrogens is 290 g/mol. The monoisotopic (exact) mass is 315 g/mol. The summed E-state index contributed by atoms with van der Waals surface area (Å²) in [5.74, 6) is 0.486. The SMILES string of the molecule is CCC1(C(=O)N2CCCC2CCCBr)CCCC1. The number of hydrogen-bond acceptors (Lipinski definition) is 1. The lowest BCUT2D eigenvalue weighted by Crippen LogP contribution is -2.44. The Morgan fingerprint density at radius 1 is 1.33 bits per heavy atom. The van der Waals surface area contributed by atoms with Gasteiger partial charge in [0.15, 0.2) is 0 Å². The second-order valence-electron chi connectivity index (χ2n) is 5.97. The summed E-state index contributed by atoms with van der Waals surface area (Å²) in [4.78, 5) is 15.1. The molecule has 2 aliphatic rings. The molecule has 1 unspecified atom stereocenters. The second-order valence-corrected chi connectivity index (χ2v) is 6.76. The first-order valence-electron chi connectivity index (χ1n) is 7.60. The number of carbonyl (C=O) groups excluding carboxylic acids is 1. The van der Waals surface area contributed by atoms with Crippen molar-refractivity contribution in [3.8, 4) is 0 Å². The normalized spacial score (nSPS) is 26.8. The molecule has 104 valence electrons. The predicted octanol–water partition coefficient (Wildman–Crippen LogP) is 4.12. The molecule has 2 rings (SSSR count). The number of rotatable bonds is 5. The first-order chi connectivity index (χ1) is 8.73. The van der Waals surface area contributed by atoms with E-state index in [1.807, 2.05) is 0 Å². The lowest BCUT2D eigenvalue weighted by Gasteiger charge is -2.35. The topological polar surface area (TPSA) is 20.3 Å². The number of likely N-dealkylation sites (tertiary alicyclic amines) is 1. The van der Waals surface area contributed by atoms with Crippen molar-refractivity contribution < 1.29 is 4.79 Å². The number of halogens is 1. The van der Waals surface area contributed by atoms with Crippen LogP contribution in [0.3, 0.4) is 0 Å². The van der Waals surface area contributed by atoms with E-state index in [-0.39, 0.29) is 5.41 Å².